The largest absolute Gasteiger partial charge is 0.349 e. The number of benzene rings is 1. The summed E-state index contributed by atoms with van der Waals surface area (Å²) in [7, 11) is 3.84. The normalized spacial score (nSPS) is 14.4. The highest BCUT2D eigenvalue weighted by Crippen LogP contribution is 2.17. The zero-order valence-corrected chi connectivity index (χ0v) is 15.8. The van der Waals surface area contributed by atoms with Crippen LogP contribution >= 0.6 is 15.9 Å². The van der Waals surface area contributed by atoms with Crippen LogP contribution in [0.5, 0.6) is 0 Å². The van der Waals surface area contributed by atoms with Crippen molar-refractivity contribution in [2.24, 2.45) is 4.99 Å². The molecule has 7 heteroatoms. The van der Waals surface area contributed by atoms with Gasteiger partial charge in [-0.3, -0.25) is 4.99 Å². The van der Waals surface area contributed by atoms with E-state index in [0.29, 0.717) is 6.54 Å². The first kappa shape index (κ1) is 17.0. The lowest BCUT2D eigenvalue weighted by molar-refractivity contribution is 0.467. The Labute approximate surface area is 151 Å². The second-order valence-electron chi connectivity index (χ2n) is 5.99. The second-order valence-corrected chi connectivity index (χ2v) is 6.84. The first-order valence-electron chi connectivity index (χ1n) is 8.25. The van der Waals surface area contributed by atoms with Crippen molar-refractivity contribution in [3.05, 3.63) is 46.0 Å². The van der Waals surface area contributed by atoms with Crippen LogP contribution in [0.2, 0.25) is 0 Å². The molecule has 0 saturated heterocycles. The summed E-state index contributed by atoms with van der Waals surface area (Å²) >= 11 is 3.60. The molecule has 0 radical (unpaired) electrons. The number of rotatable bonds is 4. The van der Waals surface area contributed by atoms with E-state index in [9.17, 15) is 0 Å². The van der Waals surface area contributed by atoms with Crippen LogP contribution in [0.1, 0.15) is 30.1 Å². The van der Waals surface area contributed by atoms with Crippen LogP contribution in [0, 0.1) is 0 Å². The Morgan fingerprint density at radius 1 is 1.33 bits per heavy atom. The molecule has 0 spiro atoms. The Balaban J connectivity index is 1.63. The van der Waals surface area contributed by atoms with Gasteiger partial charge in [0, 0.05) is 38.1 Å². The van der Waals surface area contributed by atoms with Gasteiger partial charge in [-0.15, -0.1) is 10.2 Å². The van der Waals surface area contributed by atoms with Crippen molar-refractivity contribution in [1.29, 1.82) is 0 Å². The van der Waals surface area contributed by atoms with Gasteiger partial charge in [-0.1, -0.05) is 34.1 Å². The molecule has 1 aromatic carbocycles. The van der Waals surface area contributed by atoms with E-state index < -0.39 is 0 Å². The van der Waals surface area contributed by atoms with E-state index in [1.54, 1.807) is 7.05 Å². The fourth-order valence-corrected chi connectivity index (χ4v) is 3.41. The third-order valence-corrected chi connectivity index (χ3v) is 5.05. The van der Waals surface area contributed by atoms with Crippen molar-refractivity contribution in [2.75, 3.05) is 14.1 Å². The molecule has 128 valence electrons. The van der Waals surface area contributed by atoms with Crippen LogP contribution in [0.15, 0.2) is 33.7 Å². The fourth-order valence-electron chi connectivity index (χ4n) is 3.00. The molecule has 0 saturated carbocycles. The molecular formula is C17H23BrN6. The van der Waals surface area contributed by atoms with E-state index >= 15 is 0 Å². The van der Waals surface area contributed by atoms with Gasteiger partial charge in [0.1, 0.15) is 5.82 Å². The number of aryl methyl sites for hydroxylation is 1. The highest BCUT2D eigenvalue weighted by molar-refractivity contribution is 9.10. The zero-order valence-electron chi connectivity index (χ0n) is 14.2. The minimum atomic E-state index is 0.639. The summed E-state index contributed by atoms with van der Waals surface area (Å²) in [5, 5.41) is 12.0. The summed E-state index contributed by atoms with van der Waals surface area (Å²) in [6.07, 6.45) is 3.44. The van der Waals surface area contributed by atoms with Crippen molar-refractivity contribution < 1.29 is 0 Å². The predicted molar refractivity (Wildman–Crippen MR) is 98.8 cm³/mol. The zero-order chi connectivity index (χ0) is 16.9. The first-order chi connectivity index (χ1) is 11.7. The average molecular weight is 391 g/mol. The van der Waals surface area contributed by atoms with Gasteiger partial charge >= 0.3 is 0 Å². The smallest absolute Gasteiger partial charge is 0.194 e. The standard InChI is InChI=1S/C17H23BrN6/c1-19-17(23(2)12-13-7-3-4-8-14(13)18)20-11-16-22-21-15-9-5-6-10-24(15)16/h3-4,7-8H,5-6,9-12H2,1-2H3,(H,19,20). The Kier molecular flexibility index (Phi) is 5.50. The number of nitrogens with zero attached hydrogens (tertiary/aromatic N) is 5. The molecule has 3 rings (SSSR count). The number of aliphatic imine (C=N–C) groups is 1. The van der Waals surface area contributed by atoms with Gasteiger partial charge in [0.05, 0.1) is 6.54 Å². The lowest BCUT2D eigenvalue weighted by atomic mass is 10.2. The van der Waals surface area contributed by atoms with Crippen LogP contribution < -0.4 is 5.32 Å². The van der Waals surface area contributed by atoms with Crippen molar-refractivity contribution in [3.63, 3.8) is 0 Å². The predicted octanol–water partition coefficient (Wildman–Crippen LogP) is 2.58. The molecule has 1 aliphatic heterocycles. The maximum absolute atomic E-state index is 4.38. The molecule has 1 aliphatic rings. The maximum atomic E-state index is 4.38. The Bertz CT molecular complexity index is 724. The Hall–Kier alpha value is -1.89. The third-order valence-electron chi connectivity index (χ3n) is 4.28. The summed E-state index contributed by atoms with van der Waals surface area (Å²) in [4.78, 5) is 6.49. The third kappa shape index (κ3) is 3.77. The number of hydrogen-bond donors (Lipinski definition) is 1. The number of fused-ring (bicyclic) bond motifs is 1. The average Bonchev–Trinajstić information content (AvgIpc) is 3.01. The van der Waals surface area contributed by atoms with E-state index in [-0.39, 0.29) is 0 Å². The van der Waals surface area contributed by atoms with E-state index in [4.69, 9.17) is 0 Å². The highest BCUT2D eigenvalue weighted by atomic mass is 79.9. The summed E-state index contributed by atoms with van der Waals surface area (Å²) in [5.41, 5.74) is 1.22. The molecule has 6 nitrogen and oxygen atoms in total. The number of nitrogens with one attached hydrogen (secondary N) is 1. The fraction of sp³-hybridized carbons (Fsp3) is 0.471. The van der Waals surface area contributed by atoms with Crippen molar-refractivity contribution >= 4 is 21.9 Å². The van der Waals surface area contributed by atoms with Gasteiger partial charge in [0.15, 0.2) is 11.8 Å². The van der Waals surface area contributed by atoms with Gasteiger partial charge in [-0.25, -0.2) is 0 Å². The summed E-state index contributed by atoms with van der Waals surface area (Å²) in [6, 6.07) is 8.24. The van der Waals surface area contributed by atoms with Gasteiger partial charge in [0.25, 0.3) is 0 Å². The molecule has 2 aromatic rings. The van der Waals surface area contributed by atoms with Crippen LogP contribution in [0.4, 0.5) is 0 Å². The molecule has 0 bridgehead atoms. The Morgan fingerprint density at radius 2 is 2.17 bits per heavy atom. The molecule has 24 heavy (non-hydrogen) atoms. The van der Waals surface area contributed by atoms with E-state index in [1.165, 1.54) is 18.4 Å². The molecule has 0 fully saturated rings. The minimum Gasteiger partial charge on any atom is -0.349 e. The minimum absolute atomic E-state index is 0.639. The topological polar surface area (TPSA) is 58.3 Å². The van der Waals surface area contributed by atoms with Crippen LogP contribution in [-0.2, 0) is 26.1 Å². The van der Waals surface area contributed by atoms with Crippen molar-refractivity contribution in [1.82, 2.24) is 25.0 Å². The lowest BCUT2D eigenvalue weighted by Gasteiger charge is -2.23. The second kappa shape index (κ2) is 7.79. The molecular weight excluding hydrogens is 368 g/mol. The number of halogens is 1. The summed E-state index contributed by atoms with van der Waals surface area (Å²) in [5.74, 6) is 2.94. The molecule has 1 aromatic heterocycles. The highest BCUT2D eigenvalue weighted by Gasteiger charge is 2.16. The molecule has 0 amide bonds. The van der Waals surface area contributed by atoms with E-state index in [2.05, 4.69) is 58.0 Å². The molecule has 0 atom stereocenters. The maximum Gasteiger partial charge on any atom is 0.194 e. The first-order valence-corrected chi connectivity index (χ1v) is 9.04. The summed E-state index contributed by atoms with van der Waals surface area (Å²) in [6.45, 7) is 2.43. The molecule has 1 N–H and O–H groups in total. The monoisotopic (exact) mass is 390 g/mol. The van der Waals surface area contributed by atoms with Gasteiger partial charge < -0.3 is 14.8 Å². The van der Waals surface area contributed by atoms with Gasteiger partial charge in [-0.05, 0) is 24.5 Å². The van der Waals surface area contributed by atoms with Crippen LogP contribution in [-0.4, -0.2) is 39.7 Å². The SMILES string of the molecule is CN=C(NCc1nnc2n1CCCC2)N(C)Cc1ccccc1Br. The van der Waals surface area contributed by atoms with Gasteiger partial charge in [-0.2, -0.15) is 0 Å². The molecule has 0 unspecified atom stereocenters. The van der Waals surface area contributed by atoms with Crippen molar-refractivity contribution in [3.8, 4) is 0 Å². The van der Waals surface area contributed by atoms with Crippen molar-refractivity contribution in [2.45, 2.75) is 38.9 Å². The molecule has 0 aliphatic carbocycles. The van der Waals surface area contributed by atoms with Crippen LogP contribution in [0.3, 0.4) is 0 Å². The quantitative estimate of drug-likeness (QED) is 0.643. The number of guanidine groups is 1. The lowest BCUT2D eigenvalue weighted by Crippen LogP contribution is -2.38. The van der Waals surface area contributed by atoms with E-state index in [0.717, 1.165) is 41.6 Å². The molecule has 2 heterocycles. The number of aromatic nitrogens is 3. The van der Waals surface area contributed by atoms with E-state index in [1.807, 2.05) is 19.2 Å². The summed E-state index contributed by atoms with van der Waals surface area (Å²) < 4.78 is 3.34. The Morgan fingerprint density at radius 3 is 2.96 bits per heavy atom. The van der Waals surface area contributed by atoms with Crippen LogP contribution in [0.25, 0.3) is 0 Å². The number of hydrogen-bond acceptors (Lipinski definition) is 3. The van der Waals surface area contributed by atoms with Gasteiger partial charge in [0.2, 0.25) is 0 Å².